The summed E-state index contributed by atoms with van der Waals surface area (Å²) in [5.74, 6) is 0.0392. The van der Waals surface area contributed by atoms with Crippen molar-refractivity contribution in [3.8, 4) is 0 Å². The summed E-state index contributed by atoms with van der Waals surface area (Å²) in [4.78, 5) is 33.9. The second kappa shape index (κ2) is 23.3. The van der Waals surface area contributed by atoms with Crippen LogP contribution >= 0.6 is 8.15 Å². The lowest BCUT2D eigenvalue weighted by molar-refractivity contribution is -0.861. The van der Waals surface area contributed by atoms with Crippen LogP contribution in [0, 0.1) is 0 Å². The highest BCUT2D eigenvalue weighted by atomic mass is 31.1. The summed E-state index contributed by atoms with van der Waals surface area (Å²) in [6, 6.07) is 8.27. The molecule has 0 radical (unpaired) electrons. The Bertz CT molecular complexity index is 780. The summed E-state index contributed by atoms with van der Waals surface area (Å²) in [5, 5.41) is 2.93. The first-order valence-electron chi connectivity index (χ1n) is 16.1. The van der Waals surface area contributed by atoms with Crippen LogP contribution in [0.1, 0.15) is 121 Å². The SMILES string of the molecule is C[N+](C)(C)CC(=O)P(O)CCCCCCCCCCCCCCCCCCc1ccc(NC(=O)CCCN)cc1. The lowest BCUT2D eigenvalue weighted by atomic mass is 10.0. The first kappa shape index (κ1) is 36.7. The molecule has 7 heteroatoms. The normalized spacial score (nSPS) is 12.4. The summed E-state index contributed by atoms with van der Waals surface area (Å²) in [6.45, 7) is 0.980. The summed E-state index contributed by atoms with van der Waals surface area (Å²) in [6.07, 6.45) is 23.8. The van der Waals surface area contributed by atoms with Gasteiger partial charge in [-0.25, -0.2) is 0 Å². The second-order valence-corrected chi connectivity index (χ2v) is 14.3. The Morgan fingerprint density at radius 2 is 1.18 bits per heavy atom. The van der Waals surface area contributed by atoms with E-state index in [1.54, 1.807) is 0 Å². The molecule has 230 valence electrons. The van der Waals surface area contributed by atoms with Crippen LogP contribution in [0.25, 0.3) is 0 Å². The van der Waals surface area contributed by atoms with Gasteiger partial charge < -0.3 is 20.4 Å². The van der Waals surface area contributed by atoms with E-state index in [1.807, 2.05) is 33.3 Å². The van der Waals surface area contributed by atoms with Gasteiger partial charge in [0.2, 0.25) is 11.4 Å². The molecule has 0 aromatic heterocycles. The number of benzene rings is 1. The van der Waals surface area contributed by atoms with Gasteiger partial charge in [0.25, 0.3) is 0 Å². The third-order valence-electron chi connectivity index (χ3n) is 7.33. The molecule has 0 saturated carbocycles. The number of rotatable bonds is 26. The van der Waals surface area contributed by atoms with Crippen LogP contribution in [0.2, 0.25) is 0 Å². The first-order valence-corrected chi connectivity index (χ1v) is 17.6. The number of quaternary nitrogens is 1. The van der Waals surface area contributed by atoms with Crippen LogP contribution in [0.5, 0.6) is 0 Å². The van der Waals surface area contributed by atoms with E-state index in [9.17, 15) is 14.5 Å². The molecule has 1 aromatic rings. The van der Waals surface area contributed by atoms with Crippen molar-refractivity contribution in [2.45, 2.75) is 122 Å². The van der Waals surface area contributed by atoms with E-state index in [4.69, 9.17) is 5.73 Å². The Labute approximate surface area is 247 Å². The fraction of sp³-hybridized carbons (Fsp3) is 0.758. The van der Waals surface area contributed by atoms with E-state index < -0.39 is 8.15 Å². The van der Waals surface area contributed by atoms with Crippen LogP contribution in [0.4, 0.5) is 5.69 Å². The molecule has 1 amide bonds. The van der Waals surface area contributed by atoms with Gasteiger partial charge in [-0.15, -0.1) is 0 Å². The van der Waals surface area contributed by atoms with Crippen LogP contribution < -0.4 is 11.1 Å². The van der Waals surface area contributed by atoms with Gasteiger partial charge in [0, 0.05) is 12.1 Å². The maximum Gasteiger partial charge on any atom is 0.234 e. The van der Waals surface area contributed by atoms with E-state index in [1.165, 1.54) is 95.5 Å². The number of carbonyl (C=O) groups excluding carboxylic acids is 2. The Hall–Kier alpha value is -1.33. The van der Waals surface area contributed by atoms with Crippen molar-refractivity contribution in [3.05, 3.63) is 29.8 Å². The fourth-order valence-electron chi connectivity index (χ4n) is 4.92. The minimum absolute atomic E-state index is 0.0392. The minimum atomic E-state index is -1.43. The van der Waals surface area contributed by atoms with E-state index in [-0.39, 0.29) is 11.4 Å². The summed E-state index contributed by atoms with van der Waals surface area (Å²) in [5.41, 5.74) is 7.72. The molecule has 1 rings (SSSR count). The smallest absolute Gasteiger partial charge is 0.234 e. The Balaban J connectivity index is 1.84. The van der Waals surface area contributed by atoms with Gasteiger partial charge in [0.15, 0.2) is 0 Å². The molecule has 0 aliphatic heterocycles. The van der Waals surface area contributed by atoms with E-state index in [0.29, 0.717) is 30.2 Å². The highest BCUT2D eigenvalue weighted by molar-refractivity contribution is 7.69. The van der Waals surface area contributed by atoms with Crippen LogP contribution in [-0.2, 0) is 16.0 Å². The van der Waals surface area contributed by atoms with E-state index in [0.717, 1.165) is 31.4 Å². The molecule has 0 aliphatic carbocycles. The largest absolute Gasteiger partial charge is 0.366 e. The highest BCUT2D eigenvalue weighted by Gasteiger charge is 2.21. The van der Waals surface area contributed by atoms with Crippen LogP contribution in [-0.4, -0.2) is 61.2 Å². The Morgan fingerprint density at radius 1 is 0.725 bits per heavy atom. The lowest BCUT2D eigenvalue weighted by Crippen LogP contribution is -2.39. The molecule has 0 aliphatic rings. The van der Waals surface area contributed by atoms with Crippen molar-refractivity contribution in [1.29, 1.82) is 0 Å². The standard InChI is InChI=1S/C33H60N3O3P/c1-36(2,3)29-33(38)40(39)28-19-17-15-13-11-9-7-5-4-6-8-10-12-14-16-18-21-30-23-25-31(26-24-30)35-32(37)22-20-27-34/h23-26,39H,4-22,27-29,34H2,1-3H3/p+1. The van der Waals surface area contributed by atoms with Crippen LogP contribution in [0.15, 0.2) is 24.3 Å². The number of hydrogen-bond acceptors (Lipinski definition) is 4. The number of nitrogens with two attached hydrogens (primary N) is 1. The third kappa shape index (κ3) is 21.4. The quantitative estimate of drug-likeness (QED) is 0.0595. The van der Waals surface area contributed by atoms with Gasteiger partial charge in [-0.3, -0.25) is 9.59 Å². The lowest BCUT2D eigenvalue weighted by Gasteiger charge is -2.23. The molecule has 0 heterocycles. The van der Waals surface area contributed by atoms with Crippen molar-refractivity contribution in [3.63, 3.8) is 0 Å². The number of unbranched alkanes of at least 4 members (excludes halogenated alkanes) is 15. The molecular formula is C33H61N3O3P+. The zero-order chi connectivity index (χ0) is 29.5. The Kier molecular flexibility index (Phi) is 21.3. The van der Waals surface area contributed by atoms with E-state index in [2.05, 4.69) is 17.4 Å². The average molecular weight is 579 g/mol. The van der Waals surface area contributed by atoms with Crippen LogP contribution in [0.3, 0.4) is 0 Å². The van der Waals surface area contributed by atoms with Gasteiger partial charge in [-0.1, -0.05) is 102 Å². The van der Waals surface area contributed by atoms with Crippen molar-refractivity contribution < 1.29 is 19.0 Å². The van der Waals surface area contributed by atoms with Crippen molar-refractivity contribution in [2.75, 3.05) is 45.7 Å². The van der Waals surface area contributed by atoms with Crippen molar-refractivity contribution >= 4 is 25.3 Å². The molecule has 0 saturated heterocycles. The Morgan fingerprint density at radius 3 is 1.62 bits per heavy atom. The number of aryl methyl sites for hydroxylation is 1. The molecule has 0 spiro atoms. The third-order valence-corrected chi connectivity index (χ3v) is 8.79. The topological polar surface area (TPSA) is 92.4 Å². The number of likely N-dealkylation sites (N-methyl/N-ethyl adjacent to an activating group) is 1. The summed E-state index contributed by atoms with van der Waals surface area (Å²) >= 11 is 0. The minimum Gasteiger partial charge on any atom is -0.366 e. The van der Waals surface area contributed by atoms with Gasteiger partial charge in [-0.2, -0.15) is 0 Å². The van der Waals surface area contributed by atoms with Gasteiger partial charge in [-0.05, 0) is 56.1 Å². The molecule has 6 nitrogen and oxygen atoms in total. The summed E-state index contributed by atoms with van der Waals surface area (Å²) < 4.78 is 0.595. The van der Waals surface area contributed by atoms with Crippen molar-refractivity contribution in [1.82, 2.24) is 0 Å². The highest BCUT2D eigenvalue weighted by Crippen LogP contribution is 2.33. The zero-order valence-corrected chi connectivity index (χ0v) is 27.0. The average Bonchev–Trinajstić information content (AvgIpc) is 2.91. The molecule has 40 heavy (non-hydrogen) atoms. The molecule has 0 fully saturated rings. The predicted molar refractivity (Wildman–Crippen MR) is 173 cm³/mol. The maximum atomic E-state index is 12.0. The first-order chi connectivity index (χ1) is 19.2. The maximum absolute atomic E-state index is 12.0. The second-order valence-electron chi connectivity index (χ2n) is 12.5. The number of carbonyl (C=O) groups is 2. The predicted octanol–water partition coefficient (Wildman–Crippen LogP) is 7.77. The summed E-state index contributed by atoms with van der Waals surface area (Å²) in [7, 11) is 4.55. The van der Waals surface area contributed by atoms with Gasteiger partial charge >= 0.3 is 0 Å². The molecule has 0 bridgehead atoms. The van der Waals surface area contributed by atoms with Gasteiger partial charge in [0.1, 0.15) is 14.7 Å². The monoisotopic (exact) mass is 578 g/mol. The molecular weight excluding hydrogens is 517 g/mol. The van der Waals surface area contributed by atoms with Gasteiger partial charge in [0.05, 0.1) is 21.1 Å². The zero-order valence-electron chi connectivity index (χ0n) is 26.1. The number of nitrogens with one attached hydrogen (secondary N) is 1. The number of nitrogens with zero attached hydrogens (tertiary/aromatic N) is 1. The fourth-order valence-corrected chi connectivity index (χ4v) is 6.28. The molecule has 1 aromatic carbocycles. The number of hydrogen-bond donors (Lipinski definition) is 3. The molecule has 1 atom stereocenters. The molecule has 4 N–H and O–H groups in total. The molecule has 1 unspecified atom stereocenters. The van der Waals surface area contributed by atoms with E-state index >= 15 is 0 Å². The van der Waals surface area contributed by atoms with Crippen molar-refractivity contribution in [2.24, 2.45) is 5.73 Å². The number of amides is 1. The number of anilines is 1.